The topological polar surface area (TPSA) is 29.9 Å². The molecule has 1 aromatic heterocycles. The maximum absolute atomic E-state index is 4.63. The highest BCUT2D eigenvalue weighted by molar-refractivity contribution is 5.44. The standard InChI is InChI=1S/C16H23N3/c1-6-9-14(11-13(4)17-5)15-12-19(10-7-2)16(8-3)18-15/h6-10,12,14,17H,3-4,11H2,1-2,5H3/b9-6-,10-7-/t14-/m1/s1. The van der Waals surface area contributed by atoms with Crippen molar-refractivity contribution in [2.24, 2.45) is 0 Å². The molecule has 0 spiro atoms. The molecule has 0 unspecified atom stereocenters. The molecule has 0 aliphatic heterocycles. The Morgan fingerprint density at radius 1 is 1.47 bits per heavy atom. The smallest absolute Gasteiger partial charge is 0.136 e. The van der Waals surface area contributed by atoms with Gasteiger partial charge in [0, 0.05) is 31.1 Å². The van der Waals surface area contributed by atoms with Gasteiger partial charge in [-0.05, 0) is 26.3 Å². The molecule has 0 saturated carbocycles. The van der Waals surface area contributed by atoms with Crippen LogP contribution in [-0.4, -0.2) is 16.6 Å². The van der Waals surface area contributed by atoms with Gasteiger partial charge in [0.25, 0.3) is 0 Å². The number of hydrogen-bond donors (Lipinski definition) is 1. The molecule has 0 aliphatic rings. The Bertz CT molecular complexity index is 492. The summed E-state index contributed by atoms with van der Waals surface area (Å²) < 4.78 is 1.99. The monoisotopic (exact) mass is 257 g/mol. The van der Waals surface area contributed by atoms with Crippen LogP contribution in [0.25, 0.3) is 12.3 Å². The van der Waals surface area contributed by atoms with Crippen LogP contribution in [0.3, 0.4) is 0 Å². The SMILES string of the molecule is C=Cc1nc([C@H](/C=C\C)CC(=C)NC)cn1/C=C\C. The van der Waals surface area contributed by atoms with E-state index in [1.165, 1.54) is 0 Å². The average molecular weight is 257 g/mol. The van der Waals surface area contributed by atoms with Gasteiger partial charge in [0.15, 0.2) is 0 Å². The Kier molecular flexibility index (Phi) is 5.86. The summed E-state index contributed by atoms with van der Waals surface area (Å²) in [6.07, 6.45) is 12.8. The maximum Gasteiger partial charge on any atom is 0.136 e. The van der Waals surface area contributed by atoms with E-state index in [1.807, 2.05) is 43.9 Å². The zero-order valence-corrected chi connectivity index (χ0v) is 12.1. The first-order valence-corrected chi connectivity index (χ1v) is 6.48. The van der Waals surface area contributed by atoms with Gasteiger partial charge >= 0.3 is 0 Å². The molecule has 1 atom stereocenters. The first kappa shape index (κ1) is 15.0. The minimum Gasteiger partial charge on any atom is -0.392 e. The van der Waals surface area contributed by atoms with E-state index in [0.717, 1.165) is 23.6 Å². The Morgan fingerprint density at radius 2 is 2.21 bits per heavy atom. The third-order valence-electron chi connectivity index (χ3n) is 2.90. The molecule has 0 fully saturated rings. The van der Waals surface area contributed by atoms with Crippen LogP contribution in [0.1, 0.15) is 37.7 Å². The van der Waals surface area contributed by atoms with Crippen LogP contribution >= 0.6 is 0 Å². The molecule has 0 bridgehead atoms. The molecule has 0 saturated heterocycles. The lowest BCUT2D eigenvalue weighted by atomic mass is 10.00. The summed E-state index contributed by atoms with van der Waals surface area (Å²) in [5.41, 5.74) is 2.03. The van der Waals surface area contributed by atoms with Crippen molar-refractivity contribution in [3.63, 3.8) is 0 Å². The van der Waals surface area contributed by atoms with Crippen molar-refractivity contribution in [3.8, 4) is 0 Å². The van der Waals surface area contributed by atoms with Crippen LogP contribution in [-0.2, 0) is 0 Å². The molecule has 0 aliphatic carbocycles. The summed E-state index contributed by atoms with van der Waals surface area (Å²) in [6, 6.07) is 0. The van der Waals surface area contributed by atoms with Crippen molar-refractivity contribution in [1.29, 1.82) is 0 Å². The van der Waals surface area contributed by atoms with E-state index in [0.29, 0.717) is 0 Å². The van der Waals surface area contributed by atoms with Gasteiger partial charge in [0.2, 0.25) is 0 Å². The minimum absolute atomic E-state index is 0.232. The predicted molar refractivity (Wildman–Crippen MR) is 83.7 cm³/mol. The summed E-state index contributed by atoms with van der Waals surface area (Å²) in [5.74, 6) is 1.09. The highest BCUT2D eigenvalue weighted by Gasteiger charge is 2.14. The Hall–Kier alpha value is -2.03. The summed E-state index contributed by atoms with van der Waals surface area (Å²) in [6.45, 7) is 11.8. The molecule has 1 N–H and O–H groups in total. The highest BCUT2D eigenvalue weighted by atomic mass is 15.1. The third kappa shape index (κ3) is 3.98. The fraction of sp³-hybridized carbons (Fsp3) is 0.312. The number of hydrogen-bond acceptors (Lipinski definition) is 2. The molecule has 102 valence electrons. The maximum atomic E-state index is 4.63. The first-order chi connectivity index (χ1) is 9.15. The van der Waals surface area contributed by atoms with Crippen LogP contribution in [0.15, 0.2) is 43.3 Å². The molecule has 1 aromatic rings. The van der Waals surface area contributed by atoms with Gasteiger partial charge in [-0.1, -0.05) is 31.4 Å². The first-order valence-electron chi connectivity index (χ1n) is 6.48. The second kappa shape index (κ2) is 7.41. The van der Waals surface area contributed by atoms with Crippen molar-refractivity contribution in [3.05, 3.63) is 54.8 Å². The lowest BCUT2D eigenvalue weighted by Gasteiger charge is -2.11. The number of imidazole rings is 1. The zero-order valence-electron chi connectivity index (χ0n) is 12.1. The Morgan fingerprint density at radius 3 is 2.74 bits per heavy atom. The minimum atomic E-state index is 0.232. The summed E-state index contributed by atoms with van der Waals surface area (Å²) in [4.78, 5) is 4.63. The van der Waals surface area contributed by atoms with Crippen molar-refractivity contribution < 1.29 is 0 Å². The summed E-state index contributed by atoms with van der Waals surface area (Å²) in [7, 11) is 1.89. The van der Waals surface area contributed by atoms with Crippen molar-refractivity contribution in [2.45, 2.75) is 26.2 Å². The number of nitrogens with one attached hydrogen (secondary N) is 1. The third-order valence-corrected chi connectivity index (χ3v) is 2.90. The van der Waals surface area contributed by atoms with Crippen LogP contribution in [0.4, 0.5) is 0 Å². The van der Waals surface area contributed by atoms with E-state index in [1.54, 1.807) is 6.08 Å². The second-order valence-corrected chi connectivity index (χ2v) is 4.31. The number of nitrogens with zero attached hydrogens (tertiary/aromatic N) is 2. The van der Waals surface area contributed by atoms with Crippen LogP contribution in [0, 0.1) is 0 Å². The molecule has 1 heterocycles. The van der Waals surface area contributed by atoms with Gasteiger partial charge < -0.3 is 9.88 Å². The zero-order chi connectivity index (χ0) is 14.3. The summed E-state index contributed by atoms with van der Waals surface area (Å²) in [5, 5.41) is 3.09. The Balaban J connectivity index is 3.08. The molecule has 0 amide bonds. The van der Waals surface area contributed by atoms with E-state index < -0.39 is 0 Å². The average Bonchev–Trinajstić information content (AvgIpc) is 2.81. The normalized spacial score (nSPS) is 13.0. The molecule has 3 heteroatoms. The number of allylic oxidation sites excluding steroid dienone is 4. The van der Waals surface area contributed by atoms with Crippen LogP contribution in [0.5, 0.6) is 0 Å². The van der Waals surface area contributed by atoms with E-state index in [9.17, 15) is 0 Å². The Labute approximate surface area is 116 Å². The van der Waals surface area contributed by atoms with Crippen molar-refractivity contribution in [2.75, 3.05) is 7.05 Å². The van der Waals surface area contributed by atoms with E-state index in [2.05, 4.69) is 35.6 Å². The van der Waals surface area contributed by atoms with Crippen LogP contribution < -0.4 is 5.32 Å². The van der Waals surface area contributed by atoms with Gasteiger partial charge in [-0.3, -0.25) is 0 Å². The van der Waals surface area contributed by atoms with Crippen molar-refractivity contribution >= 4 is 12.3 Å². The fourth-order valence-corrected chi connectivity index (χ4v) is 1.91. The van der Waals surface area contributed by atoms with E-state index >= 15 is 0 Å². The highest BCUT2D eigenvalue weighted by Crippen LogP contribution is 2.24. The molecule has 1 rings (SSSR count). The van der Waals surface area contributed by atoms with Gasteiger partial charge in [0.1, 0.15) is 5.82 Å². The molecular weight excluding hydrogens is 234 g/mol. The molecular formula is C16H23N3. The van der Waals surface area contributed by atoms with Gasteiger partial charge in [-0.15, -0.1) is 0 Å². The molecule has 0 aromatic carbocycles. The van der Waals surface area contributed by atoms with Gasteiger partial charge in [-0.2, -0.15) is 0 Å². The van der Waals surface area contributed by atoms with Crippen LogP contribution in [0.2, 0.25) is 0 Å². The number of aromatic nitrogens is 2. The molecule has 19 heavy (non-hydrogen) atoms. The lowest BCUT2D eigenvalue weighted by Crippen LogP contribution is -2.08. The predicted octanol–water partition coefficient (Wildman–Crippen LogP) is 3.80. The quantitative estimate of drug-likeness (QED) is 0.753. The van der Waals surface area contributed by atoms with E-state index in [-0.39, 0.29) is 5.92 Å². The van der Waals surface area contributed by atoms with Gasteiger partial charge in [-0.25, -0.2) is 4.98 Å². The molecule has 0 radical (unpaired) electrons. The number of rotatable bonds is 7. The van der Waals surface area contributed by atoms with E-state index in [4.69, 9.17) is 0 Å². The van der Waals surface area contributed by atoms with Gasteiger partial charge in [0.05, 0.1) is 5.69 Å². The van der Waals surface area contributed by atoms with Crippen molar-refractivity contribution in [1.82, 2.24) is 14.9 Å². The fourth-order valence-electron chi connectivity index (χ4n) is 1.91. The molecule has 3 nitrogen and oxygen atoms in total. The lowest BCUT2D eigenvalue weighted by molar-refractivity contribution is 0.751. The summed E-state index contributed by atoms with van der Waals surface area (Å²) >= 11 is 0. The largest absolute Gasteiger partial charge is 0.392 e. The second-order valence-electron chi connectivity index (χ2n) is 4.31.